The van der Waals surface area contributed by atoms with Crippen molar-refractivity contribution in [2.75, 3.05) is 6.54 Å². The van der Waals surface area contributed by atoms with Crippen molar-refractivity contribution in [2.24, 2.45) is 11.7 Å². The van der Waals surface area contributed by atoms with Crippen LogP contribution in [0.5, 0.6) is 0 Å². The van der Waals surface area contributed by atoms with Crippen LogP contribution in [0.15, 0.2) is 60.9 Å². The third-order valence-corrected chi connectivity index (χ3v) is 8.78. The lowest BCUT2D eigenvalue weighted by Gasteiger charge is -2.30. The molecule has 0 spiro atoms. The van der Waals surface area contributed by atoms with Crippen molar-refractivity contribution in [2.45, 2.75) is 70.1 Å². The van der Waals surface area contributed by atoms with Crippen molar-refractivity contribution in [1.29, 1.82) is 0 Å². The molecule has 11 nitrogen and oxygen atoms in total. The number of nitrogens with one attached hydrogen (secondary N) is 4. The SMILES string of the molecule is CCC(C)C(NC(=O)C1CCCN1C(=O)C(Cc1c[nH]c2ccccc12)NC(=O)C(N)Cc1c[nH]c2ccccc12)C(=O)O. The van der Waals surface area contributed by atoms with E-state index in [1.807, 2.05) is 67.8 Å². The van der Waals surface area contributed by atoms with Gasteiger partial charge >= 0.3 is 5.97 Å². The van der Waals surface area contributed by atoms with E-state index in [0.717, 1.165) is 32.9 Å². The predicted molar refractivity (Wildman–Crippen MR) is 168 cm³/mol. The number of hydrogen-bond acceptors (Lipinski definition) is 5. The van der Waals surface area contributed by atoms with Crippen molar-refractivity contribution in [3.8, 4) is 0 Å². The first kappa shape index (κ1) is 30.8. The molecule has 0 saturated carbocycles. The summed E-state index contributed by atoms with van der Waals surface area (Å²) in [4.78, 5) is 60.7. The summed E-state index contributed by atoms with van der Waals surface area (Å²) in [7, 11) is 0. The highest BCUT2D eigenvalue weighted by Gasteiger charge is 2.40. The normalized spacial score (nSPS) is 17.7. The first-order chi connectivity index (χ1) is 21.2. The van der Waals surface area contributed by atoms with Gasteiger partial charge in [-0.15, -0.1) is 0 Å². The van der Waals surface area contributed by atoms with Gasteiger partial charge in [0.05, 0.1) is 6.04 Å². The van der Waals surface area contributed by atoms with Crippen LogP contribution in [-0.2, 0) is 32.0 Å². The number of benzene rings is 2. The minimum atomic E-state index is -1.11. The molecule has 1 aliphatic rings. The van der Waals surface area contributed by atoms with E-state index in [2.05, 4.69) is 20.6 Å². The summed E-state index contributed by atoms with van der Waals surface area (Å²) in [6.07, 6.45) is 5.66. The van der Waals surface area contributed by atoms with E-state index < -0.39 is 47.9 Å². The molecule has 5 rings (SSSR count). The molecular weight excluding hydrogens is 560 g/mol. The van der Waals surface area contributed by atoms with Gasteiger partial charge in [-0.05, 0) is 48.4 Å². The Hall–Kier alpha value is -4.64. The largest absolute Gasteiger partial charge is 0.480 e. The van der Waals surface area contributed by atoms with Gasteiger partial charge in [-0.25, -0.2) is 4.79 Å². The molecule has 5 unspecified atom stereocenters. The molecule has 5 atom stereocenters. The van der Waals surface area contributed by atoms with Gasteiger partial charge < -0.3 is 36.3 Å². The van der Waals surface area contributed by atoms with Crippen molar-refractivity contribution in [3.05, 3.63) is 72.1 Å². The minimum Gasteiger partial charge on any atom is -0.480 e. The highest BCUT2D eigenvalue weighted by atomic mass is 16.4. The molecular formula is C33H40N6O5. The average molecular weight is 601 g/mol. The van der Waals surface area contributed by atoms with Gasteiger partial charge in [0.25, 0.3) is 0 Å². The fourth-order valence-electron chi connectivity index (χ4n) is 6.07. The zero-order valence-electron chi connectivity index (χ0n) is 25.0. The number of H-pyrrole nitrogens is 2. The summed E-state index contributed by atoms with van der Waals surface area (Å²) in [6.45, 7) is 3.95. The first-order valence-electron chi connectivity index (χ1n) is 15.2. The van der Waals surface area contributed by atoms with Crippen LogP contribution < -0.4 is 16.4 Å². The molecule has 3 heterocycles. The van der Waals surface area contributed by atoms with Gasteiger partial charge in [0.2, 0.25) is 17.7 Å². The zero-order chi connectivity index (χ0) is 31.4. The second kappa shape index (κ2) is 13.3. The number of rotatable bonds is 12. The number of carbonyl (C=O) groups excluding carboxylic acids is 3. The number of carboxylic acid groups (broad SMARTS) is 1. The van der Waals surface area contributed by atoms with E-state index in [1.54, 1.807) is 6.92 Å². The third-order valence-electron chi connectivity index (χ3n) is 8.78. The Labute approximate surface area is 255 Å². The zero-order valence-corrected chi connectivity index (χ0v) is 25.0. The van der Waals surface area contributed by atoms with E-state index in [9.17, 15) is 24.3 Å². The van der Waals surface area contributed by atoms with E-state index >= 15 is 0 Å². The summed E-state index contributed by atoms with van der Waals surface area (Å²) in [6, 6.07) is 11.6. The van der Waals surface area contributed by atoms with Crippen LogP contribution >= 0.6 is 0 Å². The first-order valence-corrected chi connectivity index (χ1v) is 15.2. The Balaban J connectivity index is 1.37. The molecule has 0 bridgehead atoms. The molecule has 3 amide bonds. The van der Waals surface area contributed by atoms with Crippen molar-refractivity contribution in [1.82, 2.24) is 25.5 Å². The summed E-state index contributed by atoms with van der Waals surface area (Å²) < 4.78 is 0. The number of nitrogens with zero attached hydrogens (tertiary/aromatic N) is 1. The molecule has 0 radical (unpaired) electrons. The Kier molecular flexibility index (Phi) is 9.34. The highest BCUT2D eigenvalue weighted by Crippen LogP contribution is 2.24. The summed E-state index contributed by atoms with van der Waals surface area (Å²) >= 11 is 0. The Morgan fingerprint density at radius 1 is 0.955 bits per heavy atom. The number of para-hydroxylation sites is 2. The third kappa shape index (κ3) is 6.47. The highest BCUT2D eigenvalue weighted by molar-refractivity contribution is 5.95. The number of amides is 3. The van der Waals surface area contributed by atoms with Crippen LogP contribution in [-0.4, -0.2) is 74.4 Å². The molecule has 2 aromatic heterocycles. The maximum atomic E-state index is 14.1. The molecule has 232 valence electrons. The van der Waals surface area contributed by atoms with Gasteiger partial charge in [-0.2, -0.15) is 0 Å². The second-order valence-corrected chi connectivity index (χ2v) is 11.7. The number of aromatic nitrogens is 2. The van der Waals surface area contributed by atoms with E-state index in [0.29, 0.717) is 25.8 Å². The molecule has 4 aromatic rings. The fraction of sp³-hybridized carbons (Fsp3) is 0.394. The maximum absolute atomic E-state index is 14.1. The maximum Gasteiger partial charge on any atom is 0.326 e. The number of carboxylic acids is 1. The van der Waals surface area contributed by atoms with Gasteiger partial charge in [0.15, 0.2) is 0 Å². The fourth-order valence-corrected chi connectivity index (χ4v) is 6.07. The molecule has 1 aliphatic heterocycles. The van der Waals surface area contributed by atoms with E-state index in [1.165, 1.54) is 4.90 Å². The second-order valence-electron chi connectivity index (χ2n) is 11.7. The van der Waals surface area contributed by atoms with Crippen LogP contribution in [0.1, 0.15) is 44.2 Å². The molecule has 1 saturated heterocycles. The lowest BCUT2D eigenvalue weighted by molar-refractivity contribution is -0.146. The number of nitrogens with two attached hydrogens (primary N) is 1. The van der Waals surface area contributed by atoms with Crippen LogP contribution in [0.4, 0.5) is 0 Å². The average Bonchev–Trinajstić information content (AvgIpc) is 3.78. The van der Waals surface area contributed by atoms with Crippen molar-refractivity contribution >= 4 is 45.5 Å². The van der Waals surface area contributed by atoms with Gasteiger partial charge in [-0.1, -0.05) is 56.7 Å². The number of carbonyl (C=O) groups is 4. The monoisotopic (exact) mass is 600 g/mol. The van der Waals surface area contributed by atoms with Gasteiger partial charge in [0.1, 0.15) is 18.1 Å². The van der Waals surface area contributed by atoms with Crippen molar-refractivity contribution in [3.63, 3.8) is 0 Å². The number of fused-ring (bicyclic) bond motifs is 2. The number of aromatic amines is 2. The van der Waals surface area contributed by atoms with Crippen LogP contribution in [0, 0.1) is 5.92 Å². The van der Waals surface area contributed by atoms with Crippen LogP contribution in [0.2, 0.25) is 0 Å². The van der Waals surface area contributed by atoms with Gasteiger partial charge in [0, 0.05) is 47.2 Å². The quantitative estimate of drug-likeness (QED) is 0.146. The molecule has 1 fully saturated rings. The molecule has 11 heteroatoms. The number of hydrogen-bond donors (Lipinski definition) is 6. The smallest absolute Gasteiger partial charge is 0.326 e. The molecule has 0 aliphatic carbocycles. The van der Waals surface area contributed by atoms with E-state index in [4.69, 9.17) is 5.73 Å². The van der Waals surface area contributed by atoms with Crippen molar-refractivity contribution < 1.29 is 24.3 Å². The molecule has 2 aromatic carbocycles. The minimum absolute atomic E-state index is 0.184. The summed E-state index contributed by atoms with van der Waals surface area (Å²) in [5.41, 5.74) is 9.97. The van der Waals surface area contributed by atoms with E-state index in [-0.39, 0.29) is 18.8 Å². The topological polar surface area (TPSA) is 173 Å². The van der Waals surface area contributed by atoms with Crippen LogP contribution in [0.25, 0.3) is 21.8 Å². The molecule has 44 heavy (non-hydrogen) atoms. The lowest BCUT2D eigenvalue weighted by Crippen LogP contribution is -2.58. The Morgan fingerprint density at radius 2 is 1.55 bits per heavy atom. The number of aliphatic carboxylic acids is 1. The van der Waals surface area contributed by atoms with Crippen LogP contribution in [0.3, 0.4) is 0 Å². The summed E-state index contributed by atoms with van der Waals surface area (Å²) in [5.74, 6) is -2.78. The Morgan fingerprint density at radius 3 is 2.14 bits per heavy atom. The standard InChI is InChI=1S/C33H40N6O5/c1-3-19(2)29(33(43)44)38-31(41)28-13-8-14-39(28)32(42)27(16-21-18-36-26-12-7-5-10-23(21)26)37-30(40)24(34)15-20-17-35-25-11-6-4-9-22(20)25/h4-7,9-12,17-19,24,27-29,35-36H,3,8,13-16,34H2,1-2H3,(H,37,40)(H,38,41)(H,43,44). The molecule has 7 N–H and O–H groups in total. The Bertz CT molecular complexity index is 1660. The lowest BCUT2D eigenvalue weighted by atomic mass is 9.98. The number of likely N-dealkylation sites (tertiary alicyclic amines) is 1. The summed E-state index contributed by atoms with van der Waals surface area (Å²) in [5, 5.41) is 17.2. The predicted octanol–water partition coefficient (Wildman–Crippen LogP) is 2.85. The van der Waals surface area contributed by atoms with Gasteiger partial charge in [-0.3, -0.25) is 14.4 Å².